The van der Waals surface area contributed by atoms with Crippen molar-refractivity contribution in [2.75, 3.05) is 33.9 Å². The lowest BCUT2D eigenvalue weighted by atomic mass is 10.2. The number of nitrogens with one attached hydrogen (secondary N) is 1. The van der Waals surface area contributed by atoms with Gasteiger partial charge in [-0.1, -0.05) is 6.07 Å². The van der Waals surface area contributed by atoms with E-state index in [9.17, 15) is 4.79 Å². The quantitative estimate of drug-likeness (QED) is 0.633. The van der Waals surface area contributed by atoms with E-state index >= 15 is 0 Å². The van der Waals surface area contributed by atoms with Gasteiger partial charge in [0.05, 0.1) is 18.8 Å². The molecular formula is C13H22N4O2. The van der Waals surface area contributed by atoms with E-state index in [0.717, 1.165) is 11.3 Å². The van der Waals surface area contributed by atoms with Crippen molar-refractivity contribution in [3.63, 3.8) is 0 Å². The van der Waals surface area contributed by atoms with E-state index in [2.05, 4.69) is 10.3 Å². The van der Waals surface area contributed by atoms with Gasteiger partial charge in [-0.3, -0.25) is 14.7 Å². The van der Waals surface area contributed by atoms with Gasteiger partial charge in [0.25, 0.3) is 0 Å². The summed E-state index contributed by atoms with van der Waals surface area (Å²) in [7, 11) is 3.50. The molecule has 0 fully saturated rings. The molecule has 0 unspecified atom stereocenters. The number of carbonyl (C=O) groups excluding carboxylic acids is 1. The molecule has 1 aromatic heterocycles. The Bertz CT molecular complexity index is 398. The first-order chi connectivity index (χ1) is 9.17. The van der Waals surface area contributed by atoms with E-state index in [4.69, 9.17) is 10.5 Å². The SMILES string of the molecule is COCCNC(=O)CN(C)Cc1cccnc1CN. The molecule has 0 aliphatic heterocycles. The van der Waals surface area contributed by atoms with Crippen LogP contribution in [0.25, 0.3) is 0 Å². The number of aromatic nitrogens is 1. The van der Waals surface area contributed by atoms with Crippen LogP contribution in [-0.4, -0.2) is 49.6 Å². The predicted octanol–water partition coefficient (Wildman–Crippen LogP) is -0.265. The number of rotatable bonds is 8. The maximum atomic E-state index is 11.6. The molecule has 0 atom stereocenters. The first-order valence-electron chi connectivity index (χ1n) is 6.24. The topological polar surface area (TPSA) is 80.5 Å². The van der Waals surface area contributed by atoms with Crippen LogP contribution in [0.15, 0.2) is 18.3 Å². The van der Waals surface area contributed by atoms with Crippen LogP contribution >= 0.6 is 0 Å². The van der Waals surface area contributed by atoms with E-state index in [1.807, 2.05) is 24.1 Å². The lowest BCUT2D eigenvalue weighted by Crippen LogP contribution is -2.36. The summed E-state index contributed by atoms with van der Waals surface area (Å²) in [4.78, 5) is 17.8. The average molecular weight is 266 g/mol. The maximum absolute atomic E-state index is 11.6. The van der Waals surface area contributed by atoms with Crippen molar-refractivity contribution in [1.82, 2.24) is 15.2 Å². The molecule has 1 rings (SSSR count). The number of methoxy groups -OCH3 is 1. The summed E-state index contributed by atoms with van der Waals surface area (Å²) < 4.78 is 4.87. The van der Waals surface area contributed by atoms with Gasteiger partial charge in [0.1, 0.15) is 0 Å². The second kappa shape index (κ2) is 8.58. The minimum atomic E-state index is -0.0160. The number of amides is 1. The van der Waals surface area contributed by atoms with E-state index in [1.54, 1.807) is 13.3 Å². The minimum absolute atomic E-state index is 0.0160. The smallest absolute Gasteiger partial charge is 0.234 e. The summed E-state index contributed by atoms with van der Waals surface area (Å²) >= 11 is 0. The maximum Gasteiger partial charge on any atom is 0.234 e. The molecule has 0 aromatic carbocycles. The molecule has 3 N–H and O–H groups in total. The summed E-state index contributed by atoms with van der Waals surface area (Å²) in [5, 5.41) is 2.78. The summed E-state index contributed by atoms with van der Waals surface area (Å²) in [5.41, 5.74) is 7.56. The molecule has 0 aliphatic rings. The Labute approximate surface area is 113 Å². The fraction of sp³-hybridized carbons (Fsp3) is 0.538. The van der Waals surface area contributed by atoms with Crippen LogP contribution in [0.2, 0.25) is 0 Å². The minimum Gasteiger partial charge on any atom is -0.383 e. The molecule has 19 heavy (non-hydrogen) atoms. The van der Waals surface area contributed by atoms with Gasteiger partial charge < -0.3 is 15.8 Å². The highest BCUT2D eigenvalue weighted by atomic mass is 16.5. The number of nitrogens with zero attached hydrogens (tertiary/aromatic N) is 2. The van der Waals surface area contributed by atoms with E-state index in [-0.39, 0.29) is 5.91 Å². The van der Waals surface area contributed by atoms with Crippen LogP contribution in [0.1, 0.15) is 11.3 Å². The Balaban J connectivity index is 2.42. The lowest BCUT2D eigenvalue weighted by Gasteiger charge is -2.17. The number of pyridine rings is 1. The highest BCUT2D eigenvalue weighted by molar-refractivity contribution is 5.77. The Morgan fingerprint density at radius 3 is 3.05 bits per heavy atom. The molecule has 0 radical (unpaired) electrons. The van der Waals surface area contributed by atoms with Gasteiger partial charge in [0.15, 0.2) is 0 Å². The molecule has 1 heterocycles. The molecule has 0 saturated carbocycles. The number of hydrogen-bond donors (Lipinski definition) is 2. The van der Waals surface area contributed by atoms with Gasteiger partial charge in [0.2, 0.25) is 5.91 Å². The van der Waals surface area contributed by atoms with Crippen molar-refractivity contribution in [3.8, 4) is 0 Å². The van der Waals surface area contributed by atoms with Gasteiger partial charge in [-0.05, 0) is 18.7 Å². The average Bonchev–Trinajstić information content (AvgIpc) is 2.39. The predicted molar refractivity (Wildman–Crippen MR) is 73.3 cm³/mol. The molecule has 6 nitrogen and oxygen atoms in total. The highest BCUT2D eigenvalue weighted by Crippen LogP contribution is 2.07. The Kier molecular flexibility index (Phi) is 7.02. The molecule has 0 bridgehead atoms. The molecule has 0 spiro atoms. The second-order valence-electron chi connectivity index (χ2n) is 4.33. The Morgan fingerprint density at radius 1 is 1.58 bits per heavy atom. The van der Waals surface area contributed by atoms with Crippen LogP contribution in [0, 0.1) is 0 Å². The molecule has 6 heteroatoms. The normalized spacial score (nSPS) is 10.7. The van der Waals surface area contributed by atoms with E-state index in [1.165, 1.54) is 0 Å². The van der Waals surface area contributed by atoms with Crippen molar-refractivity contribution < 1.29 is 9.53 Å². The number of hydrogen-bond acceptors (Lipinski definition) is 5. The monoisotopic (exact) mass is 266 g/mol. The van der Waals surface area contributed by atoms with Crippen molar-refractivity contribution >= 4 is 5.91 Å². The van der Waals surface area contributed by atoms with Gasteiger partial charge in [-0.2, -0.15) is 0 Å². The fourth-order valence-electron chi connectivity index (χ4n) is 1.74. The molecule has 106 valence electrons. The summed E-state index contributed by atoms with van der Waals surface area (Å²) in [6.07, 6.45) is 1.73. The fourth-order valence-corrected chi connectivity index (χ4v) is 1.74. The summed E-state index contributed by atoms with van der Waals surface area (Å²) in [5.74, 6) is -0.0160. The van der Waals surface area contributed by atoms with Crippen LogP contribution < -0.4 is 11.1 Å². The zero-order valence-electron chi connectivity index (χ0n) is 11.6. The third-order valence-electron chi connectivity index (χ3n) is 2.66. The molecule has 0 aliphatic carbocycles. The summed E-state index contributed by atoms with van der Waals surface area (Å²) in [6, 6.07) is 3.86. The second-order valence-corrected chi connectivity index (χ2v) is 4.33. The van der Waals surface area contributed by atoms with Crippen molar-refractivity contribution in [2.45, 2.75) is 13.1 Å². The van der Waals surface area contributed by atoms with E-state index in [0.29, 0.717) is 32.8 Å². The van der Waals surface area contributed by atoms with Gasteiger partial charge in [-0.15, -0.1) is 0 Å². The Hall–Kier alpha value is -1.50. The van der Waals surface area contributed by atoms with Crippen LogP contribution in [0.5, 0.6) is 0 Å². The van der Waals surface area contributed by atoms with Gasteiger partial charge >= 0.3 is 0 Å². The molecular weight excluding hydrogens is 244 g/mol. The van der Waals surface area contributed by atoms with Gasteiger partial charge in [0, 0.05) is 32.9 Å². The van der Waals surface area contributed by atoms with E-state index < -0.39 is 0 Å². The van der Waals surface area contributed by atoms with Gasteiger partial charge in [-0.25, -0.2) is 0 Å². The van der Waals surface area contributed by atoms with Crippen molar-refractivity contribution in [3.05, 3.63) is 29.6 Å². The standard InChI is InChI=1S/C13H22N4O2/c1-17(10-13(18)16-6-7-19-2)9-11-4-3-5-15-12(11)8-14/h3-5H,6-10,14H2,1-2H3,(H,16,18). The third-order valence-corrected chi connectivity index (χ3v) is 2.66. The third kappa shape index (κ3) is 5.78. The van der Waals surface area contributed by atoms with Crippen LogP contribution in [-0.2, 0) is 22.6 Å². The van der Waals surface area contributed by atoms with Crippen LogP contribution in [0.3, 0.4) is 0 Å². The molecule has 1 aromatic rings. The largest absolute Gasteiger partial charge is 0.383 e. The summed E-state index contributed by atoms with van der Waals surface area (Å²) in [6.45, 7) is 2.45. The molecule has 0 saturated heterocycles. The van der Waals surface area contributed by atoms with Crippen LogP contribution in [0.4, 0.5) is 0 Å². The number of ether oxygens (including phenoxy) is 1. The lowest BCUT2D eigenvalue weighted by molar-refractivity contribution is -0.122. The van der Waals surface area contributed by atoms with Crippen molar-refractivity contribution in [2.24, 2.45) is 5.73 Å². The van der Waals surface area contributed by atoms with Crippen molar-refractivity contribution in [1.29, 1.82) is 0 Å². The zero-order valence-corrected chi connectivity index (χ0v) is 11.6. The number of nitrogens with two attached hydrogens (primary N) is 1. The molecule has 1 amide bonds. The number of carbonyl (C=O) groups is 1. The first-order valence-corrected chi connectivity index (χ1v) is 6.24. The first kappa shape index (κ1) is 15.6. The zero-order chi connectivity index (χ0) is 14.1. The Morgan fingerprint density at radius 2 is 2.37 bits per heavy atom. The number of likely N-dealkylation sites (N-methyl/N-ethyl adjacent to an activating group) is 1. The highest BCUT2D eigenvalue weighted by Gasteiger charge is 2.09.